The summed E-state index contributed by atoms with van der Waals surface area (Å²) >= 11 is 0. The number of nitrogens with one attached hydrogen (secondary N) is 1. The van der Waals surface area contributed by atoms with Crippen LogP contribution in [-0.2, 0) is 9.59 Å². The van der Waals surface area contributed by atoms with E-state index in [1.165, 1.54) is 0 Å². The average molecular weight is 302 g/mol. The molecule has 6 heteroatoms. The van der Waals surface area contributed by atoms with E-state index in [-0.39, 0.29) is 24.9 Å². The molecule has 0 radical (unpaired) electrons. The standard InChI is InChI=1S/C16H22N4O2/c1-4-20(5-2)16(22)12-19(3)11-15(21)18-14-8-6-7-13(9-14)10-17/h6-9H,4-5,11-12H2,1-3H3,(H,18,21). The molecule has 0 atom stereocenters. The van der Waals surface area contributed by atoms with E-state index in [0.717, 1.165) is 0 Å². The van der Waals surface area contributed by atoms with Gasteiger partial charge in [0, 0.05) is 18.8 Å². The van der Waals surface area contributed by atoms with Crippen LogP contribution in [0.1, 0.15) is 19.4 Å². The summed E-state index contributed by atoms with van der Waals surface area (Å²) in [6.07, 6.45) is 0. The summed E-state index contributed by atoms with van der Waals surface area (Å²) in [5.41, 5.74) is 1.07. The number of benzene rings is 1. The topological polar surface area (TPSA) is 76.4 Å². The summed E-state index contributed by atoms with van der Waals surface area (Å²) in [6.45, 7) is 5.50. The van der Waals surface area contributed by atoms with Crippen LogP contribution < -0.4 is 5.32 Å². The first-order valence-electron chi connectivity index (χ1n) is 7.26. The summed E-state index contributed by atoms with van der Waals surface area (Å²) in [7, 11) is 1.73. The van der Waals surface area contributed by atoms with Crippen molar-refractivity contribution in [1.29, 1.82) is 5.26 Å². The Morgan fingerprint density at radius 3 is 2.50 bits per heavy atom. The summed E-state index contributed by atoms with van der Waals surface area (Å²) < 4.78 is 0. The van der Waals surface area contributed by atoms with Crippen molar-refractivity contribution in [2.24, 2.45) is 0 Å². The fourth-order valence-corrected chi connectivity index (χ4v) is 2.08. The van der Waals surface area contributed by atoms with Gasteiger partial charge < -0.3 is 10.2 Å². The van der Waals surface area contributed by atoms with E-state index in [0.29, 0.717) is 24.3 Å². The quantitative estimate of drug-likeness (QED) is 0.823. The Kier molecular flexibility index (Phi) is 7.06. The van der Waals surface area contributed by atoms with Crippen LogP contribution in [-0.4, -0.2) is 54.8 Å². The highest BCUT2D eigenvalue weighted by molar-refractivity contribution is 5.92. The van der Waals surface area contributed by atoms with E-state index in [9.17, 15) is 9.59 Å². The second kappa shape index (κ2) is 8.80. The third-order valence-corrected chi connectivity index (χ3v) is 3.21. The van der Waals surface area contributed by atoms with Crippen LogP contribution in [0.5, 0.6) is 0 Å². The maximum absolute atomic E-state index is 12.0. The van der Waals surface area contributed by atoms with Crippen molar-refractivity contribution in [2.45, 2.75) is 13.8 Å². The van der Waals surface area contributed by atoms with Crippen molar-refractivity contribution in [1.82, 2.24) is 9.80 Å². The fourth-order valence-electron chi connectivity index (χ4n) is 2.08. The molecule has 0 saturated heterocycles. The molecular formula is C16H22N4O2. The van der Waals surface area contributed by atoms with Crippen LogP contribution in [0.3, 0.4) is 0 Å². The Labute approximate surface area is 131 Å². The number of anilines is 1. The van der Waals surface area contributed by atoms with Crippen molar-refractivity contribution in [2.75, 3.05) is 38.5 Å². The Morgan fingerprint density at radius 1 is 1.23 bits per heavy atom. The molecule has 0 aliphatic heterocycles. The number of amides is 2. The van der Waals surface area contributed by atoms with Crippen LogP contribution in [0.4, 0.5) is 5.69 Å². The Balaban J connectivity index is 2.50. The highest BCUT2D eigenvalue weighted by Gasteiger charge is 2.14. The Hall–Kier alpha value is -2.39. The predicted octanol–water partition coefficient (Wildman–Crippen LogP) is 1.30. The van der Waals surface area contributed by atoms with Crippen molar-refractivity contribution in [3.63, 3.8) is 0 Å². The number of hydrogen-bond donors (Lipinski definition) is 1. The average Bonchev–Trinajstić information content (AvgIpc) is 2.48. The van der Waals surface area contributed by atoms with Crippen molar-refractivity contribution in [3.05, 3.63) is 29.8 Å². The van der Waals surface area contributed by atoms with E-state index < -0.39 is 0 Å². The highest BCUT2D eigenvalue weighted by Crippen LogP contribution is 2.09. The molecular weight excluding hydrogens is 280 g/mol. The Bertz CT molecular complexity index is 562. The minimum atomic E-state index is -0.218. The van der Waals surface area contributed by atoms with Gasteiger partial charge in [0.2, 0.25) is 11.8 Å². The van der Waals surface area contributed by atoms with Gasteiger partial charge >= 0.3 is 0 Å². The lowest BCUT2D eigenvalue weighted by molar-refractivity contribution is -0.132. The molecule has 0 unspecified atom stereocenters. The van der Waals surface area contributed by atoms with E-state index in [1.54, 1.807) is 41.1 Å². The summed E-state index contributed by atoms with van der Waals surface area (Å²) in [5, 5.41) is 11.5. The zero-order valence-corrected chi connectivity index (χ0v) is 13.3. The first-order valence-corrected chi connectivity index (χ1v) is 7.26. The first kappa shape index (κ1) is 17.7. The van der Waals surface area contributed by atoms with E-state index >= 15 is 0 Å². The lowest BCUT2D eigenvalue weighted by atomic mass is 10.2. The van der Waals surface area contributed by atoms with Gasteiger partial charge in [-0.3, -0.25) is 14.5 Å². The molecule has 1 N–H and O–H groups in total. The zero-order valence-electron chi connectivity index (χ0n) is 13.3. The van der Waals surface area contributed by atoms with Gasteiger partial charge in [0.1, 0.15) is 0 Å². The number of rotatable bonds is 7. The van der Waals surface area contributed by atoms with Crippen LogP contribution in [0.25, 0.3) is 0 Å². The van der Waals surface area contributed by atoms with E-state index in [1.807, 2.05) is 19.9 Å². The fraction of sp³-hybridized carbons (Fsp3) is 0.438. The summed E-state index contributed by atoms with van der Waals surface area (Å²) in [6, 6.07) is 8.73. The molecule has 0 saturated carbocycles. The molecule has 1 aromatic rings. The molecule has 0 aromatic heterocycles. The number of carbonyl (C=O) groups is 2. The minimum Gasteiger partial charge on any atom is -0.342 e. The molecule has 0 bridgehead atoms. The van der Waals surface area contributed by atoms with Crippen molar-refractivity contribution in [3.8, 4) is 6.07 Å². The lowest BCUT2D eigenvalue weighted by Gasteiger charge is -2.22. The number of nitrogens with zero attached hydrogens (tertiary/aromatic N) is 3. The highest BCUT2D eigenvalue weighted by atomic mass is 16.2. The van der Waals surface area contributed by atoms with Gasteiger partial charge in [0.25, 0.3) is 0 Å². The summed E-state index contributed by atoms with van der Waals surface area (Å²) in [5.74, 6) is -0.211. The molecule has 118 valence electrons. The maximum atomic E-state index is 12.0. The molecule has 0 spiro atoms. The first-order chi connectivity index (χ1) is 10.5. The van der Waals surface area contributed by atoms with Gasteiger partial charge in [-0.05, 0) is 39.1 Å². The lowest BCUT2D eigenvalue weighted by Crippen LogP contribution is -2.41. The smallest absolute Gasteiger partial charge is 0.238 e. The largest absolute Gasteiger partial charge is 0.342 e. The number of hydrogen-bond acceptors (Lipinski definition) is 4. The molecule has 6 nitrogen and oxygen atoms in total. The van der Waals surface area contributed by atoms with Crippen LogP contribution in [0.15, 0.2) is 24.3 Å². The normalized spacial score (nSPS) is 10.1. The van der Waals surface area contributed by atoms with Crippen LogP contribution >= 0.6 is 0 Å². The molecule has 2 amide bonds. The van der Waals surface area contributed by atoms with E-state index in [4.69, 9.17) is 5.26 Å². The molecule has 22 heavy (non-hydrogen) atoms. The third kappa shape index (κ3) is 5.54. The van der Waals surface area contributed by atoms with Gasteiger partial charge in [0.15, 0.2) is 0 Å². The van der Waals surface area contributed by atoms with Crippen molar-refractivity contribution >= 4 is 17.5 Å². The maximum Gasteiger partial charge on any atom is 0.238 e. The second-order valence-electron chi connectivity index (χ2n) is 4.98. The monoisotopic (exact) mass is 302 g/mol. The molecule has 0 aliphatic carbocycles. The number of likely N-dealkylation sites (N-methyl/N-ethyl adjacent to an activating group) is 2. The minimum absolute atomic E-state index is 0.00628. The van der Waals surface area contributed by atoms with Crippen LogP contribution in [0, 0.1) is 11.3 Å². The molecule has 0 heterocycles. The second-order valence-corrected chi connectivity index (χ2v) is 4.98. The third-order valence-electron chi connectivity index (χ3n) is 3.21. The van der Waals surface area contributed by atoms with Crippen molar-refractivity contribution < 1.29 is 9.59 Å². The molecule has 0 aliphatic rings. The van der Waals surface area contributed by atoms with Gasteiger partial charge in [-0.25, -0.2) is 0 Å². The van der Waals surface area contributed by atoms with Gasteiger partial charge in [-0.1, -0.05) is 6.07 Å². The molecule has 1 aromatic carbocycles. The zero-order chi connectivity index (χ0) is 16.5. The number of carbonyl (C=O) groups excluding carboxylic acids is 2. The van der Waals surface area contributed by atoms with Crippen LogP contribution in [0.2, 0.25) is 0 Å². The number of nitriles is 1. The van der Waals surface area contributed by atoms with E-state index in [2.05, 4.69) is 5.32 Å². The van der Waals surface area contributed by atoms with Gasteiger partial charge in [0.05, 0.1) is 24.7 Å². The SMILES string of the molecule is CCN(CC)C(=O)CN(C)CC(=O)Nc1cccc(C#N)c1. The summed E-state index contributed by atoms with van der Waals surface area (Å²) in [4.78, 5) is 27.3. The molecule has 0 fully saturated rings. The molecule has 1 rings (SSSR count). The predicted molar refractivity (Wildman–Crippen MR) is 85.2 cm³/mol. The van der Waals surface area contributed by atoms with Gasteiger partial charge in [-0.15, -0.1) is 0 Å². The Morgan fingerprint density at radius 2 is 1.91 bits per heavy atom. The van der Waals surface area contributed by atoms with Gasteiger partial charge in [-0.2, -0.15) is 5.26 Å².